The van der Waals surface area contributed by atoms with Gasteiger partial charge in [0.2, 0.25) is 0 Å². The second-order valence-corrected chi connectivity index (χ2v) is 21.7. The van der Waals surface area contributed by atoms with E-state index < -0.39 is 0 Å². The van der Waals surface area contributed by atoms with Gasteiger partial charge in [0.15, 0.2) is 0 Å². The zero-order chi connectivity index (χ0) is 44.9. The molecule has 0 radical (unpaired) electrons. The molecule has 0 bridgehead atoms. The van der Waals surface area contributed by atoms with E-state index in [9.17, 15) is 0 Å². The summed E-state index contributed by atoms with van der Waals surface area (Å²) in [6, 6.07) is 65.1. The summed E-state index contributed by atoms with van der Waals surface area (Å²) in [5.74, 6) is 0.784. The van der Waals surface area contributed by atoms with Crippen LogP contribution < -0.4 is 0 Å². The first kappa shape index (κ1) is 39.4. The topological polar surface area (TPSA) is 0 Å². The van der Waals surface area contributed by atoms with Crippen molar-refractivity contribution in [3.05, 3.63) is 221 Å². The Bertz CT molecular complexity index is 3700. The van der Waals surface area contributed by atoms with Crippen LogP contribution in [0.15, 0.2) is 188 Å². The van der Waals surface area contributed by atoms with Crippen LogP contribution in [0.2, 0.25) is 0 Å². The molecule has 10 aromatic carbocycles. The summed E-state index contributed by atoms with van der Waals surface area (Å²) in [7, 11) is 0. The van der Waals surface area contributed by atoms with Crippen LogP contribution in [0.5, 0.6) is 0 Å². The number of fused-ring (bicyclic) bond motifs is 7. The zero-order valence-electron chi connectivity index (χ0n) is 39.1. The molecule has 0 spiro atoms. The average molecular weight is 847 g/mol. The summed E-state index contributed by atoms with van der Waals surface area (Å²) in [6.45, 7) is 16.6. The Kier molecular flexibility index (Phi) is 8.20. The summed E-state index contributed by atoms with van der Waals surface area (Å²) < 4.78 is 0. The van der Waals surface area contributed by atoms with Crippen LogP contribution in [-0.4, -0.2) is 0 Å². The standard InChI is InChI=1S/C66H54/c1-64(2,3)49-33-47-20-19-42-21-27-52(57-32-26-48(34-49)62(47)63(42)57)41-17-15-39(16-18-41)43-22-28-53-54-29-23-44(36-59(54)65(4,5)58(53)35-43)45-24-30-55-56-31-25-46(38-61(56)66(6,7)60(55)37-45)51-14-10-12-40-11-8-9-13-50(40)51/h8-38,56,61H,1-7H3. The Morgan fingerprint density at radius 2 is 1.00 bits per heavy atom. The first-order chi connectivity index (χ1) is 31.8. The first-order valence-electron chi connectivity index (χ1n) is 24.0. The van der Waals surface area contributed by atoms with Gasteiger partial charge in [0, 0.05) is 11.3 Å². The summed E-state index contributed by atoms with van der Waals surface area (Å²) >= 11 is 0. The smallest absolute Gasteiger partial charge is 0.0159 e. The van der Waals surface area contributed by atoms with Gasteiger partial charge in [-0.3, -0.25) is 0 Å². The van der Waals surface area contributed by atoms with Gasteiger partial charge in [-0.2, -0.15) is 0 Å². The maximum atomic E-state index is 2.57. The molecule has 13 rings (SSSR count). The van der Waals surface area contributed by atoms with E-state index in [2.05, 4.69) is 237 Å². The number of benzene rings is 10. The first-order valence-corrected chi connectivity index (χ1v) is 24.0. The molecule has 3 aliphatic carbocycles. The molecule has 2 unspecified atom stereocenters. The fraction of sp³-hybridized carbons (Fsp3) is 0.182. The lowest BCUT2D eigenvalue weighted by Crippen LogP contribution is -2.25. The van der Waals surface area contributed by atoms with E-state index in [1.807, 2.05) is 0 Å². The lowest BCUT2D eigenvalue weighted by atomic mass is 9.72. The van der Waals surface area contributed by atoms with Crippen molar-refractivity contribution in [2.24, 2.45) is 5.92 Å². The second kappa shape index (κ2) is 13.8. The van der Waals surface area contributed by atoms with E-state index in [0.29, 0.717) is 11.8 Å². The van der Waals surface area contributed by atoms with Crippen molar-refractivity contribution in [3.63, 3.8) is 0 Å². The van der Waals surface area contributed by atoms with Gasteiger partial charge in [0.1, 0.15) is 0 Å². The number of hydrogen-bond acceptors (Lipinski definition) is 0. The van der Waals surface area contributed by atoms with E-state index in [1.54, 1.807) is 0 Å². The van der Waals surface area contributed by atoms with Crippen molar-refractivity contribution in [2.75, 3.05) is 0 Å². The Morgan fingerprint density at radius 1 is 0.424 bits per heavy atom. The summed E-state index contributed by atoms with van der Waals surface area (Å²) in [6.07, 6.45) is 7.42. The predicted octanol–water partition coefficient (Wildman–Crippen LogP) is 18.0. The Balaban J connectivity index is 0.797. The molecule has 2 atom stereocenters. The van der Waals surface area contributed by atoms with Crippen LogP contribution in [0, 0.1) is 5.92 Å². The highest BCUT2D eigenvalue weighted by atomic mass is 14.5. The van der Waals surface area contributed by atoms with Gasteiger partial charge in [0.05, 0.1) is 0 Å². The molecule has 0 heterocycles. The van der Waals surface area contributed by atoms with Crippen LogP contribution in [-0.2, 0) is 16.2 Å². The molecule has 0 saturated heterocycles. The maximum absolute atomic E-state index is 2.57. The van der Waals surface area contributed by atoms with E-state index in [1.165, 1.54) is 127 Å². The molecule has 0 nitrogen and oxygen atoms in total. The molecule has 66 heavy (non-hydrogen) atoms. The monoisotopic (exact) mass is 846 g/mol. The number of rotatable bonds is 4. The van der Waals surface area contributed by atoms with Crippen LogP contribution in [0.1, 0.15) is 87.8 Å². The maximum Gasteiger partial charge on any atom is 0.0159 e. The van der Waals surface area contributed by atoms with Gasteiger partial charge in [-0.05, 0) is 155 Å². The third-order valence-corrected chi connectivity index (χ3v) is 16.3. The molecule has 0 fully saturated rings. The van der Waals surface area contributed by atoms with Gasteiger partial charge in [-0.1, -0.05) is 224 Å². The lowest BCUT2D eigenvalue weighted by molar-refractivity contribution is 0.395. The van der Waals surface area contributed by atoms with Gasteiger partial charge >= 0.3 is 0 Å². The molecular formula is C66H54. The minimum atomic E-state index is -0.134. The van der Waals surface area contributed by atoms with Gasteiger partial charge in [-0.25, -0.2) is 0 Å². The molecule has 10 aromatic rings. The second-order valence-electron chi connectivity index (χ2n) is 21.7. The highest BCUT2D eigenvalue weighted by molar-refractivity contribution is 6.25. The van der Waals surface area contributed by atoms with Crippen LogP contribution in [0.3, 0.4) is 0 Å². The molecule has 318 valence electrons. The van der Waals surface area contributed by atoms with Crippen molar-refractivity contribution in [3.8, 4) is 44.5 Å². The molecule has 3 aliphatic rings. The van der Waals surface area contributed by atoms with E-state index in [-0.39, 0.29) is 16.2 Å². The molecule has 0 heteroatoms. The highest BCUT2D eigenvalue weighted by Gasteiger charge is 2.45. The Morgan fingerprint density at radius 3 is 1.73 bits per heavy atom. The lowest BCUT2D eigenvalue weighted by Gasteiger charge is -2.31. The molecule has 0 aliphatic heterocycles. The Hall–Kier alpha value is -7.02. The summed E-state index contributed by atoms with van der Waals surface area (Å²) in [5.41, 5.74) is 20.1. The van der Waals surface area contributed by atoms with Crippen LogP contribution in [0.25, 0.3) is 93.2 Å². The third-order valence-electron chi connectivity index (χ3n) is 16.3. The Labute approximate surface area is 389 Å². The fourth-order valence-corrected chi connectivity index (χ4v) is 12.5. The summed E-state index contributed by atoms with van der Waals surface area (Å²) in [4.78, 5) is 0. The zero-order valence-corrected chi connectivity index (χ0v) is 39.1. The van der Waals surface area contributed by atoms with E-state index in [0.717, 1.165) is 0 Å². The molecule has 0 amide bonds. The van der Waals surface area contributed by atoms with Crippen molar-refractivity contribution >= 4 is 48.7 Å². The minimum absolute atomic E-state index is 0.00383. The van der Waals surface area contributed by atoms with Crippen molar-refractivity contribution in [1.82, 2.24) is 0 Å². The minimum Gasteiger partial charge on any atom is -0.0758 e. The average Bonchev–Trinajstić information content (AvgIpc) is 3.70. The molecule has 0 N–H and O–H groups in total. The van der Waals surface area contributed by atoms with Crippen LogP contribution >= 0.6 is 0 Å². The molecular weight excluding hydrogens is 793 g/mol. The third kappa shape index (κ3) is 5.70. The van der Waals surface area contributed by atoms with Crippen molar-refractivity contribution in [1.29, 1.82) is 0 Å². The van der Waals surface area contributed by atoms with Crippen molar-refractivity contribution < 1.29 is 0 Å². The fourth-order valence-electron chi connectivity index (χ4n) is 12.5. The number of allylic oxidation sites excluding steroid dienone is 4. The van der Waals surface area contributed by atoms with Gasteiger partial charge < -0.3 is 0 Å². The molecule has 0 aromatic heterocycles. The SMILES string of the molecule is CC(C)(C)c1cc2ccc3ccc(-c4ccc(-c5ccc6c(c5)C(C)(C)c5cc(-c7ccc8c(c7)C(C)(C)C7C=C(c9cccc%10ccccc9%10)C=CC87)ccc5-6)cc4)c4ccc(c1)c2c34. The van der Waals surface area contributed by atoms with Gasteiger partial charge in [0.25, 0.3) is 0 Å². The quantitative estimate of drug-likeness (QED) is 0.155. The van der Waals surface area contributed by atoms with E-state index in [4.69, 9.17) is 0 Å². The predicted molar refractivity (Wildman–Crippen MR) is 283 cm³/mol. The number of hydrogen-bond donors (Lipinski definition) is 0. The van der Waals surface area contributed by atoms with Gasteiger partial charge in [-0.15, -0.1) is 0 Å². The van der Waals surface area contributed by atoms with E-state index >= 15 is 0 Å². The molecule has 0 saturated carbocycles. The van der Waals surface area contributed by atoms with Crippen LogP contribution in [0.4, 0.5) is 0 Å². The largest absolute Gasteiger partial charge is 0.0758 e. The summed E-state index contributed by atoms with van der Waals surface area (Å²) in [5, 5.41) is 10.6. The highest BCUT2D eigenvalue weighted by Crippen LogP contribution is 2.56. The van der Waals surface area contributed by atoms with Crippen molar-refractivity contribution in [2.45, 2.75) is 70.6 Å². The normalized spacial score (nSPS) is 17.9.